The number of nitrogens with one attached hydrogen (secondary N) is 2. The molecule has 0 atom stereocenters. The number of unbranched alkanes of at least 4 members (excludes halogenated alkanes) is 3. The molecule has 3 amide bonds. The number of rotatable bonds is 24. The van der Waals surface area contributed by atoms with Gasteiger partial charge in [0.05, 0.1) is 19.6 Å². The molecule has 60 heavy (non-hydrogen) atoms. The molecule has 19 heteroatoms. The van der Waals surface area contributed by atoms with Crippen LogP contribution in [0, 0.1) is 0 Å². The summed E-state index contributed by atoms with van der Waals surface area (Å²) >= 11 is -3.12. The molecule has 0 unspecified atom stereocenters. The molecule has 2 saturated heterocycles. The van der Waals surface area contributed by atoms with E-state index in [4.69, 9.17) is 4.84 Å². The molecule has 0 radical (unpaired) electrons. The number of carbonyl (C=O) groups excluding carboxylic acids is 4. The maximum absolute atomic E-state index is 13.6. The number of amides is 3. The van der Waals surface area contributed by atoms with Gasteiger partial charge in [-0.2, -0.15) is 0 Å². The Hall–Kier alpha value is -3.85. The van der Waals surface area contributed by atoms with Crippen LogP contribution in [-0.4, -0.2) is 192 Å². The van der Waals surface area contributed by atoms with Crippen molar-refractivity contribution in [2.75, 3.05) is 96.9 Å². The Morgan fingerprint density at radius 3 is 1.43 bits per heavy atom. The zero-order chi connectivity index (χ0) is 44.1. The van der Waals surface area contributed by atoms with Crippen LogP contribution in [0.25, 0.3) is 0 Å². The van der Waals surface area contributed by atoms with Gasteiger partial charge in [-0.1, -0.05) is 0 Å². The number of imide groups is 1. The molecular formula is C41H67N7O11Sn. The predicted molar refractivity (Wildman–Crippen MR) is 228 cm³/mol. The average Bonchev–Trinajstić information content (AvgIpc) is 3.51. The molecule has 1 aromatic carbocycles. The summed E-state index contributed by atoms with van der Waals surface area (Å²) in [6, 6.07) is 5.74. The fourth-order valence-electron chi connectivity index (χ4n) is 7.75. The summed E-state index contributed by atoms with van der Waals surface area (Å²) in [6.07, 6.45) is 6.48. The van der Waals surface area contributed by atoms with Crippen molar-refractivity contribution in [2.45, 2.75) is 85.4 Å². The topological polar surface area (TPSA) is 230 Å². The molecule has 5 N–H and O–H groups in total. The van der Waals surface area contributed by atoms with Crippen LogP contribution in [0.15, 0.2) is 18.2 Å². The zero-order valence-corrected chi connectivity index (χ0v) is 38.6. The number of nitrogens with zero attached hydrogens (tertiary/aromatic N) is 5. The third-order valence-corrected chi connectivity index (χ3v) is 26.7. The number of aliphatic carboxylic acids is 3. The van der Waals surface area contributed by atoms with Gasteiger partial charge in [-0.25, -0.2) is 0 Å². The Bertz CT molecular complexity index is 1550. The van der Waals surface area contributed by atoms with E-state index in [0.29, 0.717) is 43.5 Å². The van der Waals surface area contributed by atoms with Gasteiger partial charge < -0.3 is 15.3 Å². The third-order valence-electron chi connectivity index (χ3n) is 11.1. The van der Waals surface area contributed by atoms with E-state index < -0.39 is 54.1 Å². The number of hydroxylamine groups is 2. The molecule has 0 saturated carbocycles. The molecule has 2 fully saturated rings. The molecule has 0 spiro atoms. The molecule has 1 aromatic rings. The SMILES string of the molecule is CCC[CH2][Sn]([CH2]CCC)([CH2]CCC)[c]1cc(NCCNC(=O)CN2CCN(CC(=O)O)CCN(CC(=O)O)CCN(CC(=O)O)CC2)cc(C(=O)ON2C(=O)CCC2=O)c1. The minimum atomic E-state index is -3.12. The van der Waals surface area contributed by atoms with Gasteiger partial charge in [-0.15, -0.1) is 0 Å². The summed E-state index contributed by atoms with van der Waals surface area (Å²) in [4.78, 5) is 98.6. The second-order valence-corrected chi connectivity index (χ2v) is 29.2. The van der Waals surface area contributed by atoms with Gasteiger partial charge in [0.25, 0.3) is 0 Å². The summed E-state index contributed by atoms with van der Waals surface area (Å²) in [5.74, 6) is -5.24. The van der Waals surface area contributed by atoms with Crippen LogP contribution in [0.3, 0.4) is 0 Å². The fourth-order valence-corrected chi connectivity index (χ4v) is 23.8. The Balaban J connectivity index is 1.78. The van der Waals surface area contributed by atoms with Crippen molar-refractivity contribution < 1.29 is 53.7 Å². The summed E-state index contributed by atoms with van der Waals surface area (Å²) in [5.41, 5.74) is 0.941. The van der Waals surface area contributed by atoms with E-state index >= 15 is 0 Å². The summed E-state index contributed by atoms with van der Waals surface area (Å²) in [5, 5.41) is 35.4. The number of hydrogen-bond acceptors (Lipinski definition) is 13. The normalized spacial score (nSPS) is 16.9. The van der Waals surface area contributed by atoms with Gasteiger partial charge in [-0.05, 0) is 0 Å². The number of carboxylic acid groups (broad SMARTS) is 3. The minimum absolute atomic E-state index is 0.00553. The quantitative estimate of drug-likeness (QED) is 0.0567. The van der Waals surface area contributed by atoms with E-state index in [-0.39, 0.29) is 83.2 Å². The van der Waals surface area contributed by atoms with E-state index in [2.05, 4.69) is 37.5 Å². The average molecular weight is 953 g/mol. The first kappa shape index (κ1) is 50.5. The van der Waals surface area contributed by atoms with E-state index in [1.165, 1.54) is 3.58 Å². The molecule has 0 bridgehead atoms. The second kappa shape index (κ2) is 26.5. The molecule has 2 heterocycles. The van der Waals surface area contributed by atoms with Crippen molar-refractivity contribution in [1.82, 2.24) is 30.0 Å². The number of anilines is 1. The first-order valence-electron chi connectivity index (χ1n) is 21.5. The maximum atomic E-state index is 13.6. The first-order chi connectivity index (χ1) is 28.7. The number of carboxylic acids is 3. The molecule has 336 valence electrons. The predicted octanol–water partition coefficient (Wildman–Crippen LogP) is 1.97. The zero-order valence-electron chi connectivity index (χ0n) is 35.8. The van der Waals surface area contributed by atoms with Crippen LogP contribution in [0.1, 0.15) is 82.5 Å². The van der Waals surface area contributed by atoms with Crippen LogP contribution in [-0.2, 0) is 33.6 Å². The van der Waals surface area contributed by atoms with Crippen molar-refractivity contribution in [2.24, 2.45) is 0 Å². The monoisotopic (exact) mass is 953 g/mol. The Morgan fingerprint density at radius 1 is 0.617 bits per heavy atom. The van der Waals surface area contributed by atoms with E-state index in [0.717, 1.165) is 51.8 Å². The molecule has 18 nitrogen and oxygen atoms in total. The van der Waals surface area contributed by atoms with Gasteiger partial charge in [0.2, 0.25) is 0 Å². The third kappa shape index (κ3) is 17.6. The van der Waals surface area contributed by atoms with Gasteiger partial charge in [0.15, 0.2) is 0 Å². The molecule has 2 aliphatic rings. The Labute approximate surface area is 357 Å². The van der Waals surface area contributed by atoms with E-state index in [1.54, 1.807) is 20.8 Å². The van der Waals surface area contributed by atoms with Gasteiger partial charge in [-0.3, -0.25) is 29.1 Å². The van der Waals surface area contributed by atoms with Crippen LogP contribution < -0.4 is 14.2 Å². The van der Waals surface area contributed by atoms with Crippen LogP contribution >= 0.6 is 0 Å². The molecule has 3 rings (SSSR count). The van der Waals surface area contributed by atoms with Crippen molar-refractivity contribution in [3.05, 3.63) is 23.8 Å². The summed E-state index contributed by atoms with van der Waals surface area (Å²) in [7, 11) is 0. The second-order valence-electron chi connectivity index (χ2n) is 15.9. The summed E-state index contributed by atoms with van der Waals surface area (Å²) < 4.78 is 4.62. The van der Waals surface area contributed by atoms with E-state index in [1.807, 2.05) is 11.0 Å². The van der Waals surface area contributed by atoms with Crippen LogP contribution in [0.5, 0.6) is 0 Å². The number of hydrogen-bond donors (Lipinski definition) is 5. The molecule has 0 aromatic heterocycles. The standard InChI is InChI=1S/C29H40N7O11.3C4H9.Sn/c37-23(31-7-6-30-22-3-1-2-21(16-22)29(46)47-36-24(38)4-5-25(36)39)17-32-8-10-33(18-26(40)41)12-14-35(20-28(44)45)15-13-34(11-9-32)19-27(42)43;3*1-3-4-2;/h2-3,16,30H,4-15,17-20H2,(H,31,37)(H,40,41)(H,42,43)(H,44,45);3*1,3-4H2,2H3;. The van der Waals surface area contributed by atoms with Crippen molar-refractivity contribution in [3.63, 3.8) is 0 Å². The fraction of sp³-hybridized carbons (Fsp3) is 0.683. The Morgan fingerprint density at radius 2 is 1.03 bits per heavy atom. The molecule has 0 aliphatic carbocycles. The molecule has 2 aliphatic heterocycles. The van der Waals surface area contributed by atoms with Crippen molar-refractivity contribution in [1.29, 1.82) is 0 Å². The van der Waals surface area contributed by atoms with Gasteiger partial charge in [0, 0.05) is 26.2 Å². The van der Waals surface area contributed by atoms with Crippen molar-refractivity contribution in [3.8, 4) is 0 Å². The Kier molecular flexibility index (Phi) is 22.3. The van der Waals surface area contributed by atoms with Gasteiger partial charge in [0.1, 0.15) is 0 Å². The summed E-state index contributed by atoms with van der Waals surface area (Å²) in [6.45, 7) is 8.67. The van der Waals surface area contributed by atoms with Crippen LogP contribution in [0.4, 0.5) is 5.69 Å². The number of carbonyl (C=O) groups is 7. The van der Waals surface area contributed by atoms with Crippen LogP contribution in [0.2, 0.25) is 13.3 Å². The van der Waals surface area contributed by atoms with Crippen molar-refractivity contribution >= 4 is 69.2 Å². The first-order valence-corrected chi connectivity index (χ1v) is 29.0. The van der Waals surface area contributed by atoms with E-state index in [9.17, 15) is 48.9 Å². The molecular weight excluding hydrogens is 885 g/mol. The van der Waals surface area contributed by atoms with Gasteiger partial charge >= 0.3 is 269 Å². The number of benzene rings is 1.